The lowest BCUT2D eigenvalue weighted by molar-refractivity contribution is -0.129. The normalized spacial score (nSPS) is 19.6. The fraction of sp³-hybridized carbons (Fsp3) is 0.462. The summed E-state index contributed by atoms with van der Waals surface area (Å²) in [6.45, 7) is 3.38. The Morgan fingerprint density at radius 2 is 2.41 bits per heavy atom. The second-order valence-electron chi connectivity index (χ2n) is 4.55. The van der Waals surface area contributed by atoms with Crippen molar-refractivity contribution in [2.45, 2.75) is 25.9 Å². The SMILES string of the molecule is Cc1cccc(CC(=O)N2CCC(ON)C2)c1. The van der Waals surface area contributed by atoms with Crippen molar-refractivity contribution in [3.63, 3.8) is 0 Å². The number of amides is 1. The average Bonchev–Trinajstić information content (AvgIpc) is 2.77. The molecule has 0 aromatic heterocycles. The van der Waals surface area contributed by atoms with E-state index >= 15 is 0 Å². The van der Waals surface area contributed by atoms with Gasteiger partial charge in [0.05, 0.1) is 12.5 Å². The number of rotatable bonds is 3. The summed E-state index contributed by atoms with van der Waals surface area (Å²) in [6, 6.07) is 8.04. The summed E-state index contributed by atoms with van der Waals surface area (Å²) in [7, 11) is 0. The Labute approximate surface area is 101 Å². The molecule has 0 aliphatic carbocycles. The smallest absolute Gasteiger partial charge is 0.227 e. The minimum atomic E-state index is -0.00328. The van der Waals surface area contributed by atoms with Gasteiger partial charge in [-0.05, 0) is 18.9 Å². The number of carbonyl (C=O) groups excluding carboxylic acids is 1. The molecule has 1 aliphatic heterocycles. The number of nitrogens with zero attached hydrogens (tertiary/aromatic N) is 1. The van der Waals surface area contributed by atoms with Gasteiger partial charge in [0.15, 0.2) is 0 Å². The molecule has 17 heavy (non-hydrogen) atoms. The lowest BCUT2D eigenvalue weighted by Crippen LogP contribution is -2.32. The van der Waals surface area contributed by atoms with Gasteiger partial charge in [-0.25, -0.2) is 5.90 Å². The van der Waals surface area contributed by atoms with Gasteiger partial charge in [-0.1, -0.05) is 29.8 Å². The van der Waals surface area contributed by atoms with Gasteiger partial charge in [0, 0.05) is 13.1 Å². The van der Waals surface area contributed by atoms with E-state index < -0.39 is 0 Å². The number of nitrogens with two attached hydrogens (primary N) is 1. The van der Waals surface area contributed by atoms with Crippen LogP contribution in [0.25, 0.3) is 0 Å². The predicted molar refractivity (Wildman–Crippen MR) is 65.1 cm³/mol. The third-order valence-corrected chi connectivity index (χ3v) is 3.13. The Kier molecular flexibility index (Phi) is 3.76. The van der Waals surface area contributed by atoms with E-state index in [1.807, 2.05) is 36.1 Å². The fourth-order valence-corrected chi connectivity index (χ4v) is 2.17. The molecule has 2 rings (SSSR count). The molecule has 4 heteroatoms. The quantitative estimate of drug-likeness (QED) is 0.795. The first-order chi connectivity index (χ1) is 8.19. The predicted octanol–water partition coefficient (Wildman–Crippen LogP) is 1.03. The Balaban J connectivity index is 1.93. The first kappa shape index (κ1) is 12.1. The third-order valence-electron chi connectivity index (χ3n) is 3.13. The average molecular weight is 234 g/mol. The van der Waals surface area contributed by atoms with Crippen molar-refractivity contribution in [1.82, 2.24) is 4.90 Å². The van der Waals surface area contributed by atoms with Crippen LogP contribution >= 0.6 is 0 Å². The molecular weight excluding hydrogens is 216 g/mol. The zero-order chi connectivity index (χ0) is 12.3. The number of hydrogen-bond donors (Lipinski definition) is 1. The number of benzene rings is 1. The van der Waals surface area contributed by atoms with E-state index in [1.54, 1.807) is 0 Å². The minimum absolute atomic E-state index is 0.00328. The Morgan fingerprint density at radius 1 is 1.59 bits per heavy atom. The van der Waals surface area contributed by atoms with E-state index in [0.29, 0.717) is 13.0 Å². The van der Waals surface area contributed by atoms with Gasteiger partial charge in [-0.15, -0.1) is 0 Å². The van der Waals surface area contributed by atoms with E-state index in [9.17, 15) is 4.79 Å². The van der Waals surface area contributed by atoms with Crippen molar-refractivity contribution in [3.05, 3.63) is 35.4 Å². The largest absolute Gasteiger partial charge is 0.340 e. The van der Waals surface area contributed by atoms with Gasteiger partial charge in [0.2, 0.25) is 5.91 Å². The van der Waals surface area contributed by atoms with Crippen LogP contribution in [0, 0.1) is 6.92 Å². The van der Waals surface area contributed by atoms with Gasteiger partial charge in [-0.2, -0.15) is 0 Å². The maximum absolute atomic E-state index is 12.0. The van der Waals surface area contributed by atoms with Gasteiger partial charge < -0.3 is 4.90 Å². The Morgan fingerprint density at radius 3 is 3.06 bits per heavy atom. The molecule has 2 N–H and O–H groups in total. The van der Waals surface area contributed by atoms with Crippen molar-refractivity contribution in [3.8, 4) is 0 Å². The summed E-state index contributed by atoms with van der Waals surface area (Å²) < 4.78 is 0. The van der Waals surface area contributed by atoms with Gasteiger partial charge >= 0.3 is 0 Å². The first-order valence-corrected chi connectivity index (χ1v) is 5.88. The molecule has 0 spiro atoms. The zero-order valence-electron chi connectivity index (χ0n) is 10.1. The first-order valence-electron chi connectivity index (χ1n) is 5.88. The molecular formula is C13H18N2O2. The van der Waals surface area contributed by atoms with E-state index in [1.165, 1.54) is 5.56 Å². The number of likely N-dealkylation sites (tertiary alicyclic amines) is 1. The lowest BCUT2D eigenvalue weighted by Gasteiger charge is -2.16. The third kappa shape index (κ3) is 3.05. The highest BCUT2D eigenvalue weighted by atomic mass is 16.6. The lowest BCUT2D eigenvalue weighted by atomic mass is 10.1. The molecule has 4 nitrogen and oxygen atoms in total. The monoisotopic (exact) mass is 234 g/mol. The van der Waals surface area contributed by atoms with Crippen LogP contribution in [0.15, 0.2) is 24.3 Å². The standard InChI is InChI=1S/C13H18N2O2/c1-10-3-2-4-11(7-10)8-13(16)15-6-5-12(9-15)17-14/h2-4,7,12H,5-6,8-9,14H2,1H3. The summed E-state index contributed by atoms with van der Waals surface area (Å²) >= 11 is 0. The molecule has 1 aromatic rings. The second-order valence-corrected chi connectivity index (χ2v) is 4.55. The molecule has 1 saturated heterocycles. The molecule has 0 bridgehead atoms. The fourth-order valence-electron chi connectivity index (χ4n) is 2.17. The molecule has 1 aromatic carbocycles. The summed E-state index contributed by atoms with van der Waals surface area (Å²) in [4.78, 5) is 18.6. The van der Waals surface area contributed by atoms with Crippen LogP contribution < -0.4 is 5.90 Å². The highest BCUT2D eigenvalue weighted by molar-refractivity contribution is 5.79. The number of hydrogen-bond acceptors (Lipinski definition) is 3. The highest BCUT2D eigenvalue weighted by Crippen LogP contribution is 2.13. The molecule has 0 radical (unpaired) electrons. The van der Waals surface area contributed by atoms with Gasteiger partial charge in [0.25, 0.3) is 0 Å². The summed E-state index contributed by atoms with van der Waals surface area (Å²) in [5.41, 5.74) is 2.24. The maximum atomic E-state index is 12.0. The summed E-state index contributed by atoms with van der Waals surface area (Å²) in [5, 5.41) is 0. The van der Waals surface area contributed by atoms with Crippen molar-refractivity contribution in [2.24, 2.45) is 5.90 Å². The van der Waals surface area contributed by atoms with Crippen molar-refractivity contribution >= 4 is 5.91 Å². The molecule has 92 valence electrons. The Bertz CT molecular complexity index is 406. The maximum Gasteiger partial charge on any atom is 0.227 e. The van der Waals surface area contributed by atoms with Crippen LogP contribution in [-0.4, -0.2) is 30.0 Å². The van der Waals surface area contributed by atoms with Crippen LogP contribution in [0.1, 0.15) is 17.5 Å². The summed E-state index contributed by atoms with van der Waals surface area (Å²) in [6.07, 6.45) is 1.28. The van der Waals surface area contributed by atoms with E-state index in [0.717, 1.165) is 18.5 Å². The molecule has 0 saturated carbocycles. The van der Waals surface area contributed by atoms with Crippen LogP contribution in [0.3, 0.4) is 0 Å². The minimum Gasteiger partial charge on any atom is -0.340 e. The second kappa shape index (κ2) is 5.29. The molecule has 1 fully saturated rings. The molecule has 1 aliphatic rings. The zero-order valence-corrected chi connectivity index (χ0v) is 10.1. The van der Waals surface area contributed by atoms with Gasteiger partial charge in [0.1, 0.15) is 0 Å². The van der Waals surface area contributed by atoms with E-state index in [-0.39, 0.29) is 12.0 Å². The molecule has 1 unspecified atom stereocenters. The van der Waals surface area contributed by atoms with Crippen LogP contribution in [0.2, 0.25) is 0 Å². The topological polar surface area (TPSA) is 55.6 Å². The van der Waals surface area contributed by atoms with Crippen LogP contribution in [0.5, 0.6) is 0 Å². The number of aryl methyl sites for hydroxylation is 1. The summed E-state index contributed by atoms with van der Waals surface area (Å²) in [5.74, 6) is 5.28. The van der Waals surface area contributed by atoms with Crippen LogP contribution in [0.4, 0.5) is 0 Å². The van der Waals surface area contributed by atoms with Crippen molar-refractivity contribution in [1.29, 1.82) is 0 Å². The van der Waals surface area contributed by atoms with Crippen molar-refractivity contribution < 1.29 is 9.63 Å². The highest BCUT2D eigenvalue weighted by Gasteiger charge is 2.26. The number of carbonyl (C=O) groups is 1. The molecule has 1 heterocycles. The van der Waals surface area contributed by atoms with E-state index in [4.69, 9.17) is 10.7 Å². The Hall–Kier alpha value is -1.39. The molecule has 1 amide bonds. The molecule has 1 atom stereocenters. The van der Waals surface area contributed by atoms with Crippen LogP contribution in [-0.2, 0) is 16.1 Å². The van der Waals surface area contributed by atoms with E-state index in [2.05, 4.69) is 0 Å². The van der Waals surface area contributed by atoms with Gasteiger partial charge in [-0.3, -0.25) is 9.63 Å². The van der Waals surface area contributed by atoms with Crippen molar-refractivity contribution in [2.75, 3.05) is 13.1 Å².